The molecule has 9 nitrogen and oxygen atoms in total. The first-order valence-corrected chi connectivity index (χ1v) is 11.0. The van der Waals surface area contributed by atoms with Gasteiger partial charge in [0.15, 0.2) is 11.5 Å². The first-order chi connectivity index (χ1) is 15.0. The van der Waals surface area contributed by atoms with Crippen LogP contribution in [-0.2, 0) is 10.0 Å². The van der Waals surface area contributed by atoms with Crippen molar-refractivity contribution in [3.05, 3.63) is 66.2 Å². The second kappa shape index (κ2) is 8.70. The second-order valence-corrected chi connectivity index (χ2v) is 8.53. The molecule has 0 bridgehead atoms. The number of benzene rings is 2. The van der Waals surface area contributed by atoms with E-state index in [1.807, 2.05) is 37.3 Å². The molecule has 160 valence electrons. The molecule has 0 atom stereocenters. The third kappa shape index (κ3) is 4.65. The number of aryl methyl sites for hydroxylation is 1. The maximum Gasteiger partial charge on any atom is 0.240 e. The van der Waals surface area contributed by atoms with E-state index in [4.69, 9.17) is 9.47 Å². The maximum atomic E-state index is 12.4. The Hall–Kier alpha value is -3.50. The zero-order valence-corrected chi connectivity index (χ0v) is 17.8. The molecule has 2 aromatic carbocycles. The summed E-state index contributed by atoms with van der Waals surface area (Å²) in [5.74, 6) is 1.56. The first-order valence-electron chi connectivity index (χ1n) is 9.52. The van der Waals surface area contributed by atoms with Gasteiger partial charge in [-0.05, 0) is 42.8 Å². The van der Waals surface area contributed by atoms with E-state index in [9.17, 15) is 8.42 Å². The van der Waals surface area contributed by atoms with Crippen LogP contribution in [-0.4, -0.2) is 48.5 Å². The highest BCUT2D eigenvalue weighted by Gasteiger charge is 2.14. The second-order valence-electron chi connectivity index (χ2n) is 6.76. The van der Waals surface area contributed by atoms with E-state index in [1.54, 1.807) is 42.0 Å². The fraction of sp³-hybridized carbons (Fsp3) is 0.190. The molecule has 1 N–H and O–H groups in total. The summed E-state index contributed by atoms with van der Waals surface area (Å²) in [6, 6.07) is 17.5. The van der Waals surface area contributed by atoms with Crippen molar-refractivity contribution in [2.45, 2.75) is 11.8 Å². The van der Waals surface area contributed by atoms with Crippen LogP contribution in [0.1, 0.15) is 5.56 Å². The zero-order valence-electron chi connectivity index (χ0n) is 17.0. The number of hydrogen-bond donors (Lipinski definition) is 1. The lowest BCUT2D eigenvalue weighted by Gasteiger charge is -2.09. The smallest absolute Gasteiger partial charge is 0.240 e. The van der Waals surface area contributed by atoms with Crippen molar-refractivity contribution >= 4 is 15.7 Å². The van der Waals surface area contributed by atoms with Gasteiger partial charge < -0.3 is 9.47 Å². The lowest BCUT2D eigenvalue weighted by atomic mass is 10.2. The summed E-state index contributed by atoms with van der Waals surface area (Å²) in [5, 5.41) is 12.7. The van der Waals surface area contributed by atoms with E-state index in [0.717, 1.165) is 11.1 Å². The monoisotopic (exact) mass is 439 g/mol. The minimum Gasteiger partial charge on any atom is -0.497 e. The number of aromatic nitrogens is 4. The van der Waals surface area contributed by atoms with Crippen molar-refractivity contribution in [1.82, 2.24) is 24.5 Å². The molecule has 0 fully saturated rings. The van der Waals surface area contributed by atoms with E-state index in [1.165, 1.54) is 0 Å². The fourth-order valence-corrected chi connectivity index (χ4v) is 4.11. The molecule has 0 aliphatic heterocycles. The standard InChI is InChI=1S/C21H21N5O4S/c1-15-5-3-8-18(13-15)31(27,28)22-11-12-30-20-10-9-19-23-24-21(26(19)25-20)16-6-4-7-17(14-16)29-2/h3-10,13-14,22H,11-12H2,1-2H3. The van der Waals surface area contributed by atoms with E-state index in [2.05, 4.69) is 20.0 Å². The van der Waals surface area contributed by atoms with Gasteiger partial charge in [-0.1, -0.05) is 24.3 Å². The topological polar surface area (TPSA) is 108 Å². The minimum atomic E-state index is -3.60. The Morgan fingerprint density at radius 2 is 1.87 bits per heavy atom. The molecule has 0 amide bonds. The molecule has 0 aliphatic carbocycles. The van der Waals surface area contributed by atoms with Gasteiger partial charge in [0, 0.05) is 18.2 Å². The van der Waals surface area contributed by atoms with E-state index in [-0.39, 0.29) is 18.0 Å². The third-order valence-corrected chi connectivity index (χ3v) is 5.97. The van der Waals surface area contributed by atoms with Crippen LogP contribution in [0.4, 0.5) is 0 Å². The predicted molar refractivity (Wildman–Crippen MR) is 115 cm³/mol. The Labute approximate surface area is 179 Å². The summed E-state index contributed by atoms with van der Waals surface area (Å²) in [6.07, 6.45) is 0. The molecule has 2 heterocycles. The number of fused-ring (bicyclic) bond motifs is 1. The maximum absolute atomic E-state index is 12.4. The van der Waals surface area contributed by atoms with Gasteiger partial charge in [-0.3, -0.25) is 0 Å². The number of nitrogens with one attached hydrogen (secondary N) is 1. The lowest BCUT2D eigenvalue weighted by Crippen LogP contribution is -2.28. The molecule has 0 aliphatic rings. The van der Waals surface area contributed by atoms with Crippen LogP contribution in [0.2, 0.25) is 0 Å². The van der Waals surface area contributed by atoms with Crippen LogP contribution in [0.3, 0.4) is 0 Å². The van der Waals surface area contributed by atoms with Gasteiger partial charge in [-0.25, -0.2) is 13.1 Å². The zero-order chi connectivity index (χ0) is 21.8. The number of hydrogen-bond acceptors (Lipinski definition) is 7. The highest BCUT2D eigenvalue weighted by atomic mass is 32.2. The number of sulfonamides is 1. The average molecular weight is 439 g/mol. The number of ether oxygens (including phenoxy) is 2. The Morgan fingerprint density at radius 1 is 1.03 bits per heavy atom. The van der Waals surface area contributed by atoms with Crippen molar-refractivity contribution in [1.29, 1.82) is 0 Å². The molecule has 31 heavy (non-hydrogen) atoms. The quantitative estimate of drug-likeness (QED) is 0.420. The van der Waals surface area contributed by atoms with Crippen LogP contribution >= 0.6 is 0 Å². The summed E-state index contributed by atoms with van der Waals surface area (Å²) in [5.41, 5.74) is 2.23. The minimum absolute atomic E-state index is 0.0981. The van der Waals surface area contributed by atoms with Crippen molar-refractivity contribution in [2.24, 2.45) is 0 Å². The summed E-state index contributed by atoms with van der Waals surface area (Å²) in [4.78, 5) is 0.222. The first kappa shape index (κ1) is 20.8. The molecule has 10 heteroatoms. The summed E-state index contributed by atoms with van der Waals surface area (Å²) in [6.45, 7) is 2.05. The Bertz CT molecular complexity index is 1320. The summed E-state index contributed by atoms with van der Waals surface area (Å²) >= 11 is 0. The van der Waals surface area contributed by atoms with Crippen LogP contribution in [0.15, 0.2) is 65.6 Å². The van der Waals surface area contributed by atoms with Gasteiger partial charge in [0.2, 0.25) is 15.9 Å². The van der Waals surface area contributed by atoms with Crippen LogP contribution in [0.5, 0.6) is 11.6 Å². The highest BCUT2D eigenvalue weighted by molar-refractivity contribution is 7.89. The number of nitrogens with zero attached hydrogens (tertiary/aromatic N) is 4. The van der Waals surface area contributed by atoms with Crippen molar-refractivity contribution in [3.8, 4) is 23.0 Å². The van der Waals surface area contributed by atoms with Gasteiger partial charge in [-0.2, -0.15) is 4.52 Å². The Balaban J connectivity index is 1.44. The van der Waals surface area contributed by atoms with E-state index in [0.29, 0.717) is 23.1 Å². The SMILES string of the molecule is COc1cccc(-c2nnc3ccc(OCCNS(=O)(=O)c4cccc(C)c4)nn23)c1. The van der Waals surface area contributed by atoms with Crippen molar-refractivity contribution < 1.29 is 17.9 Å². The van der Waals surface area contributed by atoms with E-state index < -0.39 is 10.0 Å². The molecule has 0 saturated heterocycles. The number of methoxy groups -OCH3 is 1. The van der Waals surface area contributed by atoms with E-state index >= 15 is 0 Å². The summed E-state index contributed by atoms with van der Waals surface area (Å²) < 4.78 is 39.7. The van der Waals surface area contributed by atoms with Crippen molar-refractivity contribution in [3.63, 3.8) is 0 Å². The molecule has 0 unspecified atom stereocenters. The highest BCUT2D eigenvalue weighted by Crippen LogP contribution is 2.23. The predicted octanol–water partition coefficient (Wildman–Crippen LogP) is 2.47. The molecule has 4 rings (SSSR count). The van der Waals surface area contributed by atoms with Gasteiger partial charge in [0.05, 0.1) is 12.0 Å². The van der Waals surface area contributed by atoms with Crippen LogP contribution in [0, 0.1) is 6.92 Å². The molecule has 2 aromatic heterocycles. The summed E-state index contributed by atoms with van der Waals surface area (Å²) in [7, 11) is -2.00. The lowest BCUT2D eigenvalue weighted by molar-refractivity contribution is 0.306. The van der Waals surface area contributed by atoms with Crippen molar-refractivity contribution in [2.75, 3.05) is 20.3 Å². The van der Waals surface area contributed by atoms with Gasteiger partial charge >= 0.3 is 0 Å². The molecule has 0 saturated carbocycles. The largest absolute Gasteiger partial charge is 0.497 e. The molecular formula is C21H21N5O4S. The van der Waals surface area contributed by atoms with Crippen LogP contribution < -0.4 is 14.2 Å². The Morgan fingerprint density at radius 3 is 2.68 bits per heavy atom. The molecule has 0 spiro atoms. The normalized spacial score (nSPS) is 11.5. The fourth-order valence-electron chi connectivity index (χ4n) is 2.99. The van der Waals surface area contributed by atoms with Gasteiger partial charge in [0.25, 0.3) is 0 Å². The van der Waals surface area contributed by atoms with Crippen LogP contribution in [0.25, 0.3) is 17.0 Å². The molecular weight excluding hydrogens is 418 g/mol. The van der Waals surface area contributed by atoms with Gasteiger partial charge in [0.1, 0.15) is 12.4 Å². The number of rotatable bonds is 8. The Kier molecular flexibility index (Phi) is 5.83. The molecule has 4 aromatic rings. The van der Waals surface area contributed by atoms with Gasteiger partial charge in [-0.15, -0.1) is 15.3 Å². The third-order valence-electron chi connectivity index (χ3n) is 4.51. The average Bonchev–Trinajstić information content (AvgIpc) is 3.20. The molecule has 0 radical (unpaired) electrons.